The molecule has 0 unspecified atom stereocenters. The van der Waals surface area contributed by atoms with Gasteiger partial charge in [0.2, 0.25) is 0 Å². The average molecular weight is 371 g/mol. The van der Waals surface area contributed by atoms with Gasteiger partial charge in [-0.2, -0.15) is 0 Å². The highest BCUT2D eigenvalue weighted by Gasteiger charge is 2.23. The van der Waals surface area contributed by atoms with E-state index in [-0.39, 0.29) is 16.6 Å². The number of nitrogens with one attached hydrogen (secondary N) is 2. The maximum absolute atomic E-state index is 12.9. The molecule has 1 aromatic rings. The summed E-state index contributed by atoms with van der Waals surface area (Å²) in [6.45, 7) is 1.42. The molecule has 1 aliphatic carbocycles. The van der Waals surface area contributed by atoms with Crippen LogP contribution in [0, 0.1) is 11.7 Å². The molecule has 0 aromatic heterocycles. The normalized spacial score (nSPS) is 19.8. The SMILES string of the molecule is C[C@@H]1CCCC[C@@H]1NC(=O)NC(=O)COC(=O)c1ccc(F)cc1Cl. The smallest absolute Gasteiger partial charge is 0.340 e. The zero-order valence-electron chi connectivity index (χ0n) is 13.8. The number of urea groups is 1. The van der Waals surface area contributed by atoms with Crippen molar-refractivity contribution in [1.82, 2.24) is 10.6 Å². The van der Waals surface area contributed by atoms with Gasteiger partial charge in [-0.05, 0) is 37.0 Å². The Hall–Kier alpha value is -2.15. The van der Waals surface area contributed by atoms with Crippen molar-refractivity contribution in [1.29, 1.82) is 0 Å². The molecule has 8 heteroatoms. The first-order valence-electron chi connectivity index (χ1n) is 8.09. The Morgan fingerprint density at radius 2 is 2.00 bits per heavy atom. The van der Waals surface area contributed by atoms with Gasteiger partial charge in [-0.25, -0.2) is 14.0 Å². The lowest BCUT2D eigenvalue weighted by Gasteiger charge is -2.29. The van der Waals surface area contributed by atoms with Gasteiger partial charge in [-0.15, -0.1) is 0 Å². The summed E-state index contributed by atoms with van der Waals surface area (Å²) in [4.78, 5) is 35.4. The number of benzene rings is 1. The van der Waals surface area contributed by atoms with Crippen molar-refractivity contribution >= 4 is 29.5 Å². The molecular formula is C17H20ClFN2O4. The summed E-state index contributed by atoms with van der Waals surface area (Å²) in [5.74, 6) is -1.87. The minimum absolute atomic E-state index is 0.0297. The standard InChI is InChI=1S/C17H20ClFN2O4/c1-10-4-2-3-5-14(10)20-17(24)21-15(22)9-25-16(23)12-7-6-11(19)8-13(12)18/h6-8,10,14H,2-5,9H2,1H3,(H2,20,21,22,24)/t10-,14+/m1/s1. The van der Waals surface area contributed by atoms with Gasteiger partial charge in [-0.3, -0.25) is 10.1 Å². The fourth-order valence-corrected chi connectivity index (χ4v) is 3.01. The van der Waals surface area contributed by atoms with E-state index >= 15 is 0 Å². The maximum atomic E-state index is 12.9. The second kappa shape index (κ2) is 8.80. The van der Waals surface area contributed by atoms with Crippen LogP contribution in [0.4, 0.5) is 9.18 Å². The van der Waals surface area contributed by atoms with Crippen LogP contribution >= 0.6 is 11.6 Å². The summed E-state index contributed by atoms with van der Waals surface area (Å²) < 4.78 is 17.7. The summed E-state index contributed by atoms with van der Waals surface area (Å²) in [5, 5.41) is 4.76. The van der Waals surface area contributed by atoms with Crippen molar-refractivity contribution in [2.24, 2.45) is 5.92 Å². The Balaban J connectivity index is 1.77. The van der Waals surface area contributed by atoms with Gasteiger partial charge in [0.25, 0.3) is 5.91 Å². The molecule has 0 spiro atoms. The first-order valence-corrected chi connectivity index (χ1v) is 8.47. The molecule has 2 atom stereocenters. The van der Waals surface area contributed by atoms with Crippen molar-refractivity contribution in [2.45, 2.75) is 38.6 Å². The van der Waals surface area contributed by atoms with Crippen LogP contribution in [0.2, 0.25) is 5.02 Å². The van der Waals surface area contributed by atoms with Crippen molar-refractivity contribution in [2.75, 3.05) is 6.61 Å². The first-order chi connectivity index (χ1) is 11.9. The average Bonchev–Trinajstić information content (AvgIpc) is 2.54. The third kappa shape index (κ3) is 5.70. The number of carbonyl (C=O) groups is 3. The van der Waals surface area contributed by atoms with Crippen LogP contribution in [0.15, 0.2) is 18.2 Å². The molecule has 6 nitrogen and oxygen atoms in total. The predicted octanol–water partition coefficient (Wildman–Crippen LogP) is 3.04. The summed E-state index contributed by atoms with van der Waals surface area (Å²) in [6, 6.07) is 2.61. The molecule has 0 bridgehead atoms. The van der Waals surface area contributed by atoms with Crippen LogP contribution in [-0.4, -0.2) is 30.6 Å². The van der Waals surface area contributed by atoms with E-state index in [0.29, 0.717) is 5.92 Å². The lowest BCUT2D eigenvalue weighted by Crippen LogP contribution is -2.48. The Morgan fingerprint density at radius 1 is 1.28 bits per heavy atom. The van der Waals surface area contributed by atoms with E-state index in [2.05, 4.69) is 17.6 Å². The molecule has 1 aliphatic rings. The summed E-state index contributed by atoms with van der Waals surface area (Å²) >= 11 is 5.74. The van der Waals surface area contributed by atoms with E-state index in [0.717, 1.165) is 43.9 Å². The number of imide groups is 1. The molecule has 136 valence electrons. The first kappa shape index (κ1) is 19.2. The molecule has 1 fully saturated rings. The Kier molecular flexibility index (Phi) is 6.75. The van der Waals surface area contributed by atoms with Gasteiger partial charge in [-0.1, -0.05) is 31.4 Å². The van der Waals surface area contributed by atoms with E-state index in [1.165, 1.54) is 0 Å². The van der Waals surface area contributed by atoms with Crippen molar-refractivity contribution in [3.63, 3.8) is 0 Å². The molecule has 3 amide bonds. The van der Waals surface area contributed by atoms with Crippen molar-refractivity contribution in [3.05, 3.63) is 34.6 Å². The Labute approximate surface area is 150 Å². The minimum atomic E-state index is -0.874. The molecule has 2 rings (SSSR count). The van der Waals surface area contributed by atoms with Crippen LogP contribution in [0.25, 0.3) is 0 Å². The largest absolute Gasteiger partial charge is 0.452 e. The molecule has 0 aliphatic heterocycles. The topological polar surface area (TPSA) is 84.5 Å². The fraction of sp³-hybridized carbons (Fsp3) is 0.471. The van der Waals surface area contributed by atoms with Crippen LogP contribution in [0.3, 0.4) is 0 Å². The van der Waals surface area contributed by atoms with Gasteiger partial charge in [0.15, 0.2) is 6.61 Å². The summed E-state index contributed by atoms with van der Waals surface area (Å²) in [7, 11) is 0. The highest BCUT2D eigenvalue weighted by atomic mass is 35.5. The Morgan fingerprint density at radius 3 is 2.68 bits per heavy atom. The highest BCUT2D eigenvalue weighted by Crippen LogP contribution is 2.23. The molecule has 2 N–H and O–H groups in total. The second-order valence-corrected chi connectivity index (χ2v) is 6.50. The van der Waals surface area contributed by atoms with E-state index in [1.54, 1.807) is 0 Å². The van der Waals surface area contributed by atoms with Crippen LogP contribution < -0.4 is 10.6 Å². The van der Waals surface area contributed by atoms with E-state index < -0.39 is 30.3 Å². The number of rotatable bonds is 4. The van der Waals surface area contributed by atoms with Crippen LogP contribution in [0.1, 0.15) is 43.0 Å². The number of hydrogen-bond donors (Lipinski definition) is 2. The maximum Gasteiger partial charge on any atom is 0.340 e. The zero-order chi connectivity index (χ0) is 18.4. The summed E-state index contributed by atoms with van der Waals surface area (Å²) in [6.07, 6.45) is 4.09. The fourth-order valence-electron chi connectivity index (χ4n) is 2.76. The lowest BCUT2D eigenvalue weighted by molar-refractivity contribution is -0.123. The monoisotopic (exact) mass is 370 g/mol. The zero-order valence-corrected chi connectivity index (χ0v) is 14.6. The molecule has 0 radical (unpaired) electrons. The molecule has 25 heavy (non-hydrogen) atoms. The van der Waals surface area contributed by atoms with E-state index in [1.807, 2.05) is 0 Å². The number of esters is 1. The summed E-state index contributed by atoms with van der Waals surface area (Å²) in [5.41, 5.74) is -0.0589. The van der Waals surface area contributed by atoms with E-state index in [9.17, 15) is 18.8 Å². The molecular weight excluding hydrogens is 351 g/mol. The lowest BCUT2D eigenvalue weighted by atomic mass is 9.86. The van der Waals surface area contributed by atoms with Crippen molar-refractivity contribution in [3.8, 4) is 0 Å². The molecule has 0 saturated heterocycles. The number of hydrogen-bond acceptors (Lipinski definition) is 4. The Bertz CT molecular complexity index is 668. The van der Waals surface area contributed by atoms with Gasteiger partial charge in [0.05, 0.1) is 10.6 Å². The van der Waals surface area contributed by atoms with Gasteiger partial charge < -0.3 is 10.1 Å². The molecule has 0 heterocycles. The second-order valence-electron chi connectivity index (χ2n) is 6.09. The third-order valence-corrected chi connectivity index (χ3v) is 4.48. The van der Waals surface area contributed by atoms with Crippen LogP contribution in [0.5, 0.6) is 0 Å². The third-order valence-electron chi connectivity index (χ3n) is 4.17. The molecule has 1 saturated carbocycles. The van der Waals surface area contributed by atoms with Gasteiger partial charge >= 0.3 is 12.0 Å². The van der Waals surface area contributed by atoms with E-state index in [4.69, 9.17) is 16.3 Å². The minimum Gasteiger partial charge on any atom is -0.452 e. The van der Waals surface area contributed by atoms with Crippen molar-refractivity contribution < 1.29 is 23.5 Å². The number of carbonyl (C=O) groups excluding carboxylic acids is 3. The highest BCUT2D eigenvalue weighted by molar-refractivity contribution is 6.33. The number of ether oxygens (including phenoxy) is 1. The molecule has 1 aromatic carbocycles. The quantitative estimate of drug-likeness (QED) is 0.798. The van der Waals surface area contributed by atoms with Crippen LogP contribution in [-0.2, 0) is 9.53 Å². The number of amides is 3. The predicted molar refractivity (Wildman–Crippen MR) is 89.8 cm³/mol. The van der Waals surface area contributed by atoms with Gasteiger partial charge in [0.1, 0.15) is 5.82 Å². The number of halogens is 2. The van der Waals surface area contributed by atoms with Gasteiger partial charge in [0, 0.05) is 6.04 Å².